The van der Waals surface area contributed by atoms with Gasteiger partial charge in [0.05, 0.1) is 42.1 Å². The van der Waals surface area contributed by atoms with Gasteiger partial charge in [-0.15, -0.1) is 0 Å². The quantitative estimate of drug-likeness (QED) is 0.782. The van der Waals surface area contributed by atoms with Crippen molar-refractivity contribution >= 4 is 23.3 Å². The third-order valence-electron chi connectivity index (χ3n) is 3.77. The largest absolute Gasteiger partial charge is 0.478 e. The maximum absolute atomic E-state index is 12.1. The minimum Gasteiger partial charge on any atom is -0.478 e. The molecule has 0 bridgehead atoms. The van der Waals surface area contributed by atoms with Crippen LogP contribution in [0.3, 0.4) is 0 Å². The number of carbonyl (C=O) groups is 2. The van der Waals surface area contributed by atoms with E-state index in [0.29, 0.717) is 24.6 Å². The van der Waals surface area contributed by atoms with E-state index in [2.05, 4.69) is 5.32 Å². The fraction of sp³-hybridized carbons (Fsp3) is 0.385. The Bertz CT molecular complexity index is 558. The maximum atomic E-state index is 12.1. The van der Waals surface area contributed by atoms with Gasteiger partial charge in [-0.05, 0) is 18.2 Å². The molecule has 1 amide bonds. The molecule has 0 radical (unpaired) electrons. The van der Waals surface area contributed by atoms with E-state index in [9.17, 15) is 9.59 Å². The highest BCUT2D eigenvalue weighted by Crippen LogP contribution is 2.35. The lowest BCUT2D eigenvalue weighted by Crippen LogP contribution is -2.40. The summed E-state index contributed by atoms with van der Waals surface area (Å²) in [6.07, 6.45) is 0. The number of amides is 1. The van der Waals surface area contributed by atoms with E-state index < -0.39 is 5.97 Å². The molecule has 19 heavy (non-hydrogen) atoms. The summed E-state index contributed by atoms with van der Waals surface area (Å²) in [6, 6.07) is 4.66. The highest BCUT2D eigenvalue weighted by molar-refractivity contribution is 6.00. The van der Waals surface area contributed by atoms with Crippen LogP contribution in [0.4, 0.5) is 11.4 Å². The molecule has 3 rings (SSSR count). The standard InChI is InChI=1S/C13H14N2O4/c1-15-10-4-7(13(17)18)2-3-9(10)14-12(16)8-5-19-6-11(8)15/h2-4,8,11H,5-6H2,1H3,(H,14,16)(H,17,18). The normalized spacial score (nSPS) is 25.3. The Hall–Kier alpha value is -2.08. The average Bonchev–Trinajstić information content (AvgIpc) is 2.84. The number of carboxylic acids is 1. The Kier molecular flexibility index (Phi) is 2.67. The first-order valence-corrected chi connectivity index (χ1v) is 6.06. The predicted molar refractivity (Wildman–Crippen MR) is 68.5 cm³/mol. The molecule has 0 spiro atoms. The van der Waals surface area contributed by atoms with Crippen molar-refractivity contribution in [1.29, 1.82) is 0 Å². The topological polar surface area (TPSA) is 78.9 Å². The van der Waals surface area contributed by atoms with Crippen molar-refractivity contribution in [3.63, 3.8) is 0 Å². The molecule has 6 nitrogen and oxygen atoms in total. The van der Waals surface area contributed by atoms with Gasteiger partial charge in [-0.25, -0.2) is 4.79 Å². The number of anilines is 2. The Balaban J connectivity index is 2.08. The minimum atomic E-state index is -0.981. The molecule has 100 valence electrons. The molecular weight excluding hydrogens is 248 g/mol. The van der Waals surface area contributed by atoms with Crippen molar-refractivity contribution < 1.29 is 19.4 Å². The van der Waals surface area contributed by atoms with Crippen LogP contribution < -0.4 is 10.2 Å². The molecule has 2 aliphatic heterocycles. The molecule has 0 aliphatic carbocycles. The monoisotopic (exact) mass is 262 g/mol. The molecular formula is C13H14N2O4. The number of hydrogen-bond acceptors (Lipinski definition) is 4. The number of nitrogens with zero attached hydrogens (tertiary/aromatic N) is 1. The molecule has 2 heterocycles. The van der Waals surface area contributed by atoms with Gasteiger partial charge < -0.3 is 20.1 Å². The number of ether oxygens (including phenoxy) is 1. The van der Waals surface area contributed by atoms with E-state index in [1.54, 1.807) is 12.1 Å². The number of carboxylic acid groups (broad SMARTS) is 1. The minimum absolute atomic E-state index is 0.0507. The summed E-state index contributed by atoms with van der Waals surface area (Å²) in [7, 11) is 1.86. The van der Waals surface area contributed by atoms with Crippen molar-refractivity contribution in [3.05, 3.63) is 23.8 Å². The van der Waals surface area contributed by atoms with Crippen LogP contribution >= 0.6 is 0 Å². The Morgan fingerprint density at radius 3 is 3.00 bits per heavy atom. The van der Waals surface area contributed by atoms with E-state index in [1.165, 1.54) is 6.07 Å². The second kappa shape index (κ2) is 4.24. The molecule has 1 aromatic carbocycles. The molecule has 1 aromatic rings. The van der Waals surface area contributed by atoms with Crippen molar-refractivity contribution in [2.45, 2.75) is 6.04 Å². The first-order chi connectivity index (χ1) is 9.08. The molecule has 2 N–H and O–H groups in total. The lowest BCUT2D eigenvalue weighted by Gasteiger charge is -2.27. The van der Waals surface area contributed by atoms with Crippen LogP contribution in [0, 0.1) is 5.92 Å². The lowest BCUT2D eigenvalue weighted by atomic mass is 10.0. The second-order valence-electron chi connectivity index (χ2n) is 4.85. The number of likely N-dealkylation sites (N-methyl/N-ethyl adjacent to an activating group) is 1. The highest BCUT2D eigenvalue weighted by Gasteiger charge is 2.40. The predicted octanol–water partition coefficient (Wildman–Crippen LogP) is 0.788. The number of hydrogen-bond donors (Lipinski definition) is 2. The molecule has 1 fully saturated rings. The van der Waals surface area contributed by atoms with Gasteiger partial charge in [0.25, 0.3) is 0 Å². The van der Waals surface area contributed by atoms with Crippen LogP contribution in [0.15, 0.2) is 18.2 Å². The van der Waals surface area contributed by atoms with Crippen LogP contribution in [0.1, 0.15) is 10.4 Å². The summed E-state index contributed by atoms with van der Waals surface area (Å²) < 4.78 is 5.36. The van der Waals surface area contributed by atoms with Crippen LogP contribution in [-0.2, 0) is 9.53 Å². The zero-order valence-corrected chi connectivity index (χ0v) is 10.4. The molecule has 0 aromatic heterocycles. The SMILES string of the molecule is CN1c2cc(C(=O)O)ccc2NC(=O)C2COCC21. The van der Waals surface area contributed by atoms with Gasteiger partial charge in [0, 0.05) is 7.05 Å². The van der Waals surface area contributed by atoms with Crippen LogP contribution in [0.2, 0.25) is 0 Å². The first-order valence-electron chi connectivity index (χ1n) is 6.06. The Morgan fingerprint density at radius 2 is 2.26 bits per heavy atom. The number of fused-ring (bicyclic) bond motifs is 2. The third-order valence-corrected chi connectivity index (χ3v) is 3.77. The lowest BCUT2D eigenvalue weighted by molar-refractivity contribution is -0.120. The van der Waals surface area contributed by atoms with Gasteiger partial charge >= 0.3 is 5.97 Å². The maximum Gasteiger partial charge on any atom is 0.335 e. The first kappa shape index (κ1) is 12.0. The van der Waals surface area contributed by atoms with Crippen LogP contribution in [-0.4, -0.2) is 43.3 Å². The van der Waals surface area contributed by atoms with Crippen LogP contribution in [0.25, 0.3) is 0 Å². The number of benzene rings is 1. The van der Waals surface area contributed by atoms with Crippen molar-refractivity contribution in [2.75, 3.05) is 30.5 Å². The summed E-state index contributed by atoms with van der Waals surface area (Å²) in [5.41, 5.74) is 1.57. The van der Waals surface area contributed by atoms with E-state index in [-0.39, 0.29) is 23.4 Å². The summed E-state index contributed by atoms with van der Waals surface area (Å²) >= 11 is 0. The van der Waals surface area contributed by atoms with E-state index in [4.69, 9.17) is 9.84 Å². The van der Waals surface area contributed by atoms with Gasteiger partial charge in [0.2, 0.25) is 5.91 Å². The molecule has 0 saturated carbocycles. The highest BCUT2D eigenvalue weighted by atomic mass is 16.5. The Morgan fingerprint density at radius 1 is 1.47 bits per heavy atom. The van der Waals surface area contributed by atoms with E-state index >= 15 is 0 Å². The number of rotatable bonds is 1. The number of nitrogens with one attached hydrogen (secondary N) is 1. The molecule has 2 aliphatic rings. The van der Waals surface area contributed by atoms with Gasteiger partial charge in [0.1, 0.15) is 0 Å². The molecule has 2 unspecified atom stereocenters. The number of aromatic carboxylic acids is 1. The summed E-state index contributed by atoms with van der Waals surface area (Å²) in [5.74, 6) is -1.27. The molecule has 1 saturated heterocycles. The fourth-order valence-corrected chi connectivity index (χ4v) is 2.64. The average molecular weight is 262 g/mol. The van der Waals surface area contributed by atoms with Crippen molar-refractivity contribution in [3.8, 4) is 0 Å². The third kappa shape index (κ3) is 1.84. The van der Waals surface area contributed by atoms with E-state index in [0.717, 1.165) is 0 Å². The zero-order valence-electron chi connectivity index (χ0n) is 10.4. The zero-order chi connectivity index (χ0) is 13.6. The molecule has 6 heteroatoms. The van der Waals surface area contributed by atoms with Crippen molar-refractivity contribution in [2.24, 2.45) is 5.92 Å². The second-order valence-corrected chi connectivity index (χ2v) is 4.85. The van der Waals surface area contributed by atoms with Gasteiger partial charge in [-0.1, -0.05) is 0 Å². The van der Waals surface area contributed by atoms with Crippen LogP contribution in [0.5, 0.6) is 0 Å². The molecule has 2 atom stereocenters. The summed E-state index contributed by atoms with van der Waals surface area (Å²) in [4.78, 5) is 25.1. The van der Waals surface area contributed by atoms with Crippen molar-refractivity contribution in [1.82, 2.24) is 0 Å². The summed E-state index contributed by atoms with van der Waals surface area (Å²) in [6.45, 7) is 0.881. The smallest absolute Gasteiger partial charge is 0.335 e. The van der Waals surface area contributed by atoms with Gasteiger partial charge in [0.15, 0.2) is 0 Å². The summed E-state index contributed by atoms with van der Waals surface area (Å²) in [5, 5.41) is 11.9. The van der Waals surface area contributed by atoms with Gasteiger partial charge in [-0.3, -0.25) is 4.79 Å². The number of carbonyl (C=O) groups excluding carboxylic acids is 1. The Labute approximate surface area is 110 Å². The van der Waals surface area contributed by atoms with E-state index in [1.807, 2.05) is 11.9 Å². The fourth-order valence-electron chi connectivity index (χ4n) is 2.64. The van der Waals surface area contributed by atoms with Gasteiger partial charge in [-0.2, -0.15) is 0 Å².